The van der Waals surface area contributed by atoms with Gasteiger partial charge in [0, 0.05) is 32.2 Å². The van der Waals surface area contributed by atoms with Crippen molar-refractivity contribution in [1.82, 2.24) is 10.2 Å². The van der Waals surface area contributed by atoms with Crippen molar-refractivity contribution in [1.29, 1.82) is 0 Å². The monoisotopic (exact) mass is 363 g/mol. The summed E-state index contributed by atoms with van der Waals surface area (Å²) in [4.78, 5) is 17.2. The molecule has 138 valence electrons. The Bertz CT molecular complexity index is 578. The molecule has 25 heavy (non-hydrogen) atoms. The van der Waals surface area contributed by atoms with E-state index in [1.807, 2.05) is 25.1 Å². The Labute approximate surface area is 156 Å². The lowest BCUT2D eigenvalue weighted by Crippen LogP contribution is -2.55. The number of nitrogens with one attached hydrogen (secondary N) is 1. The maximum absolute atomic E-state index is 12.6. The van der Waals surface area contributed by atoms with Crippen LogP contribution in [0.5, 0.6) is 0 Å². The molecule has 3 rings (SSSR count). The fourth-order valence-electron chi connectivity index (χ4n) is 3.95. The molecule has 1 aliphatic carbocycles. The van der Waals surface area contributed by atoms with E-state index in [2.05, 4.69) is 28.1 Å². The number of anilines is 1. The van der Waals surface area contributed by atoms with Crippen molar-refractivity contribution in [2.24, 2.45) is 5.92 Å². The van der Waals surface area contributed by atoms with Gasteiger partial charge in [-0.2, -0.15) is 0 Å². The maximum Gasteiger partial charge on any atom is 0.237 e. The Balaban J connectivity index is 1.48. The lowest BCUT2D eigenvalue weighted by Gasteiger charge is -2.39. The van der Waals surface area contributed by atoms with E-state index in [4.69, 9.17) is 11.6 Å². The van der Waals surface area contributed by atoms with Crippen molar-refractivity contribution in [2.75, 3.05) is 31.1 Å². The molecule has 0 spiro atoms. The summed E-state index contributed by atoms with van der Waals surface area (Å²) in [6.45, 7) is 7.93. The van der Waals surface area contributed by atoms with Crippen LogP contribution in [0.3, 0.4) is 0 Å². The van der Waals surface area contributed by atoms with E-state index >= 15 is 0 Å². The lowest BCUT2D eigenvalue weighted by molar-refractivity contribution is -0.127. The van der Waals surface area contributed by atoms with Gasteiger partial charge in [-0.1, -0.05) is 30.7 Å². The molecule has 1 N–H and O–H groups in total. The van der Waals surface area contributed by atoms with Crippen LogP contribution >= 0.6 is 11.6 Å². The molecule has 4 nitrogen and oxygen atoms in total. The van der Waals surface area contributed by atoms with Crippen molar-refractivity contribution in [3.05, 3.63) is 29.3 Å². The topological polar surface area (TPSA) is 35.6 Å². The van der Waals surface area contributed by atoms with Crippen LogP contribution in [0.2, 0.25) is 5.02 Å². The molecule has 1 atom stereocenters. The Morgan fingerprint density at radius 2 is 1.76 bits per heavy atom. The second-order valence-corrected chi connectivity index (χ2v) is 8.02. The molecule has 2 aliphatic rings. The molecule has 0 bridgehead atoms. The third-order valence-corrected chi connectivity index (χ3v) is 6.12. The van der Waals surface area contributed by atoms with Crippen LogP contribution in [0.4, 0.5) is 5.69 Å². The Morgan fingerprint density at radius 1 is 1.12 bits per heavy atom. The normalized spacial score (nSPS) is 26.3. The highest BCUT2D eigenvalue weighted by Gasteiger charge is 2.28. The third-order valence-electron chi connectivity index (χ3n) is 5.80. The number of para-hydroxylation sites is 1. The van der Waals surface area contributed by atoms with E-state index in [1.54, 1.807) is 0 Å². The molecule has 1 aromatic rings. The average molecular weight is 364 g/mol. The number of halogens is 1. The summed E-state index contributed by atoms with van der Waals surface area (Å²) in [5, 5.41) is 4.07. The SMILES string of the molecule is CC1CCC(NC(=O)C(C)N2CCN(c3ccccc3Cl)CC2)CC1. The van der Waals surface area contributed by atoms with Gasteiger partial charge in [0.15, 0.2) is 0 Å². The zero-order valence-electron chi connectivity index (χ0n) is 15.4. The number of nitrogens with zero attached hydrogens (tertiary/aromatic N) is 2. The highest BCUT2D eigenvalue weighted by Crippen LogP contribution is 2.26. The summed E-state index contributed by atoms with van der Waals surface area (Å²) in [5.41, 5.74) is 1.09. The number of rotatable bonds is 4. The molecule has 1 saturated heterocycles. The van der Waals surface area contributed by atoms with Gasteiger partial charge in [0.05, 0.1) is 16.8 Å². The first-order valence-electron chi connectivity index (χ1n) is 9.58. The van der Waals surface area contributed by atoms with Gasteiger partial charge < -0.3 is 10.2 Å². The highest BCUT2D eigenvalue weighted by molar-refractivity contribution is 6.33. The molecule has 0 radical (unpaired) electrons. The largest absolute Gasteiger partial charge is 0.368 e. The van der Waals surface area contributed by atoms with Crippen molar-refractivity contribution >= 4 is 23.2 Å². The van der Waals surface area contributed by atoms with Crippen molar-refractivity contribution in [3.8, 4) is 0 Å². The minimum Gasteiger partial charge on any atom is -0.368 e. The number of piperazine rings is 1. The molecular formula is C20H30ClN3O. The molecule has 1 aromatic carbocycles. The highest BCUT2D eigenvalue weighted by atomic mass is 35.5. The molecular weight excluding hydrogens is 334 g/mol. The van der Waals surface area contributed by atoms with Crippen LogP contribution in [0.25, 0.3) is 0 Å². The molecule has 0 aromatic heterocycles. The molecule has 5 heteroatoms. The van der Waals surface area contributed by atoms with E-state index in [1.165, 1.54) is 12.8 Å². The molecule has 1 heterocycles. The molecule has 1 amide bonds. The summed E-state index contributed by atoms with van der Waals surface area (Å²) in [5.74, 6) is 0.995. The quantitative estimate of drug-likeness (QED) is 0.888. The number of carbonyl (C=O) groups is 1. The molecule has 1 unspecified atom stereocenters. The number of amides is 1. The van der Waals surface area contributed by atoms with Gasteiger partial charge in [-0.05, 0) is 50.7 Å². The van der Waals surface area contributed by atoms with E-state index in [0.29, 0.717) is 6.04 Å². The Hall–Kier alpha value is -1.26. The molecule has 1 aliphatic heterocycles. The first kappa shape index (κ1) is 18.5. The van der Waals surface area contributed by atoms with Gasteiger partial charge >= 0.3 is 0 Å². The van der Waals surface area contributed by atoms with Crippen LogP contribution < -0.4 is 10.2 Å². The van der Waals surface area contributed by atoms with Gasteiger partial charge in [0.25, 0.3) is 0 Å². The fourth-order valence-corrected chi connectivity index (χ4v) is 4.21. The Kier molecular flexibility index (Phi) is 6.24. The smallest absolute Gasteiger partial charge is 0.237 e. The van der Waals surface area contributed by atoms with Crippen LogP contribution in [0.1, 0.15) is 39.5 Å². The van der Waals surface area contributed by atoms with E-state index in [-0.39, 0.29) is 11.9 Å². The summed E-state index contributed by atoms with van der Waals surface area (Å²) in [7, 11) is 0. The van der Waals surface area contributed by atoms with Gasteiger partial charge in [-0.3, -0.25) is 9.69 Å². The van der Waals surface area contributed by atoms with Crippen LogP contribution in [-0.2, 0) is 4.79 Å². The maximum atomic E-state index is 12.6. The zero-order valence-corrected chi connectivity index (χ0v) is 16.1. The molecule has 2 fully saturated rings. The zero-order chi connectivity index (χ0) is 17.8. The summed E-state index contributed by atoms with van der Waals surface area (Å²) < 4.78 is 0. The third kappa shape index (κ3) is 4.68. The first-order valence-corrected chi connectivity index (χ1v) is 9.96. The van der Waals surface area contributed by atoms with E-state index in [9.17, 15) is 4.79 Å². The second-order valence-electron chi connectivity index (χ2n) is 7.62. The van der Waals surface area contributed by atoms with Crippen LogP contribution in [-0.4, -0.2) is 49.1 Å². The fraction of sp³-hybridized carbons (Fsp3) is 0.650. The predicted molar refractivity (Wildman–Crippen MR) is 104 cm³/mol. The van der Waals surface area contributed by atoms with Gasteiger partial charge in [0.1, 0.15) is 0 Å². The summed E-state index contributed by atoms with van der Waals surface area (Å²) >= 11 is 6.31. The predicted octanol–water partition coefficient (Wildman–Crippen LogP) is 3.55. The first-order chi connectivity index (χ1) is 12.0. The van der Waals surface area contributed by atoms with Gasteiger partial charge in [-0.25, -0.2) is 0 Å². The van der Waals surface area contributed by atoms with Gasteiger partial charge in [0.2, 0.25) is 5.91 Å². The molecule has 1 saturated carbocycles. The number of hydrogen-bond donors (Lipinski definition) is 1. The van der Waals surface area contributed by atoms with Gasteiger partial charge in [-0.15, -0.1) is 0 Å². The number of benzene rings is 1. The standard InChI is InChI=1S/C20H30ClN3O/c1-15-7-9-17(10-8-15)22-20(25)16(2)23-11-13-24(14-12-23)19-6-4-3-5-18(19)21/h3-6,15-17H,7-14H2,1-2H3,(H,22,25). The minimum absolute atomic E-state index is 0.0623. The minimum atomic E-state index is -0.0623. The lowest BCUT2D eigenvalue weighted by atomic mass is 9.87. The van der Waals surface area contributed by atoms with Crippen molar-refractivity contribution in [2.45, 2.75) is 51.6 Å². The Morgan fingerprint density at radius 3 is 2.40 bits per heavy atom. The van der Waals surface area contributed by atoms with E-state index in [0.717, 1.165) is 55.6 Å². The number of hydrogen-bond acceptors (Lipinski definition) is 3. The summed E-state index contributed by atoms with van der Waals surface area (Å²) in [6.07, 6.45) is 4.71. The summed E-state index contributed by atoms with van der Waals surface area (Å²) in [6, 6.07) is 8.29. The number of carbonyl (C=O) groups excluding carboxylic acids is 1. The van der Waals surface area contributed by atoms with E-state index < -0.39 is 0 Å². The average Bonchev–Trinajstić information content (AvgIpc) is 2.63. The van der Waals surface area contributed by atoms with Crippen molar-refractivity contribution < 1.29 is 4.79 Å². The second kappa shape index (κ2) is 8.41. The van der Waals surface area contributed by atoms with Crippen LogP contribution in [0, 0.1) is 5.92 Å². The van der Waals surface area contributed by atoms with Crippen molar-refractivity contribution in [3.63, 3.8) is 0 Å². The van der Waals surface area contributed by atoms with Crippen LogP contribution in [0.15, 0.2) is 24.3 Å².